The van der Waals surface area contributed by atoms with Crippen LogP contribution in [0.5, 0.6) is 11.5 Å². The number of rotatable bonds is 5. The van der Waals surface area contributed by atoms with E-state index in [9.17, 15) is 13.2 Å². The van der Waals surface area contributed by atoms with Crippen LogP contribution in [0, 0.1) is 5.92 Å². The monoisotopic (exact) mass is 409 g/mol. The van der Waals surface area contributed by atoms with Crippen LogP contribution in [0.25, 0.3) is 0 Å². The minimum absolute atomic E-state index is 0.101. The predicted molar refractivity (Wildman–Crippen MR) is 103 cm³/mol. The van der Waals surface area contributed by atoms with E-state index in [2.05, 4.69) is 5.32 Å². The Hall–Kier alpha value is -1.84. The van der Waals surface area contributed by atoms with E-state index in [0.717, 1.165) is 24.8 Å². The van der Waals surface area contributed by atoms with Crippen LogP contribution >= 0.6 is 0 Å². The largest absolute Gasteiger partial charge is 0.454 e. The van der Waals surface area contributed by atoms with Gasteiger partial charge in [-0.1, -0.05) is 12.5 Å². The van der Waals surface area contributed by atoms with Crippen molar-refractivity contribution in [2.24, 2.45) is 5.92 Å². The number of fused-ring (bicyclic) bond motifs is 1. The first-order valence-corrected chi connectivity index (χ1v) is 11.4. The summed E-state index contributed by atoms with van der Waals surface area (Å²) in [4.78, 5) is 12.7. The summed E-state index contributed by atoms with van der Waals surface area (Å²) >= 11 is 0. The Morgan fingerprint density at radius 3 is 2.61 bits per heavy atom. The van der Waals surface area contributed by atoms with Crippen LogP contribution in [0.3, 0.4) is 0 Å². The SMILES string of the molecule is O=C(NCc1ccc2c(c1)OCO2)[C@H]1CCCN(S(=O)(=O)N2CCCCC2)C1. The van der Waals surface area contributed by atoms with Crippen molar-refractivity contribution in [2.75, 3.05) is 33.0 Å². The first-order valence-electron chi connectivity index (χ1n) is 9.95. The van der Waals surface area contributed by atoms with Gasteiger partial charge in [-0.25, -0.2) is 0 Å². The maximum atomic E-state index is 12.9. The molecule has 1 amide bonds. The van der Waals surface area contributed by atoms with E-state index in [1.54, 1.807) is 4.31 Å². The van der Waals surface area contributed by atoms with Gasteiger partial charge in [-0.15, -0.1) is 0 Å². The Morgan fingerprint density at radius 1 is 1.04 bits per heavy atom. The molecule has 154 valence electrons. The summed E-state index contributed by atoms with van der Waals surface area (Å²) in [6.07, 6.45) is 4.31. The molecule has 2 fully saturated rings. The highest BCUT2D eigenvalue weighted by atomic mass is 32.2. The van der Waals surface area contributed by atoms with Gasteiger partial charge in [0.05, 0.1) is 5.92 Å². The molecule has 1 aromatic rings. The maximum absolute atomic E-state index is 12.9. The van der Waals surface area contributed by atoms with Gasteiger partial charge >= 0.3 is 0 Å². The maximum Gasteiger partial charge on any atom is 0.281 e. The normalized spacial score (nSPS) is 23.5. The van der Waals surface area contributed by atoms with Crippen LogP contribution in [0.15, 0.2) is 18.2 Å². The Balaban J connectivity index is 1.34. The summed E-state index contributed by atoms with van der Waals surface area (Å²) < 4.78 is 39.5. The number of hydrogen-bond acceptors (Lipinski definition) is 5. The second kappa shape index (κ2) is 8.26. The summed E-state index contributed by atoms with van der Waals surface area (Å²) in [6, 6.07) is 5.58. The van der Waals surface area contributed by atoms with Gasteiger partial charge in [0.25, 0.3) is 10.2 Å². The molecule has 0 saturated carbocycles. The van der Waals surface area contributed by atoms with E-state index in [-0.39, 0.29) is 25.2 Å². The van der Waals surface area contributed by atoms with Crippen molar-refractivity contribution in [3.8, 4) is 11.5 Å². The zero-order chi connectivity index (χ0) is 19.6. The van der Waals surface area contributed by atoms with Gasteiger partial charge in [-0.2, -0.15) is 17.0 Å². The highest BCUT2D eigenvalue weighted by Gasteiger charge is 2.36. The topological polar surface area (TPSA) is 88.2 Å². The Morgan fingerprint density at radius 2 is 1.79 bits per heavy atom. The van der Waals surface area contributed by atoms with Crippen LogP contribution in [0.4, 0.5) is 0 Å². The molecule has 9 heteroatoms. The molecule has 1 N–H and O–H groups in total. The summed E-state index contributed by atoms with van der Waals surface area (Å²) in [5.41, 5.74) is 0.922. The highest BCUT2D eigenvalue weighted by molar-refractivity contribution is 7.86. The third-order valence-corrected chi connectivity index (χ3v) is 7.63. The van der Waals surface area contributed by atoms with Crippen molar-refractivity contribution in [1.82, 2.24) is 13.9 Å². The second-order valence-corrected chi connectivity index (χ2v) is 9.50. The zero-order valence-corrected chi connectivity index (χ0v) is 16.7. The Kier molecular flexibility index (Phi) is 5.75. The summed E-state index contributed by atoms with van der Waals surface area (Å²) in [7, 11) is -3.47. The van der Waals surface area contributed by atoms with Gasteiger partial charge < -0.3 is 14.8 Å². The second-order valence-electron chi connectivity index (χ2n) is 7.57. The van der Waals surface area contributed by atoms with E-state index in [0.29, 0.717) is 50.5 Å². The molecule has 0 aliphatic carbocycles. The molecular formula is C19H27N3O5S. The number of hydrogen-bond donors (Lipinski definition) is 1. The first-order chi connectivity index (χ1) is 13.5. The average Bonchev–Trinajstić information content (AvgIpc) is 3.20. The molecule has 1 aromatic carbocycles. The molecule has 0 radical (unpaired) electrons. The third kappa shape index (κ3) is 4.11. The van der Waals surface area contributed by atoms with Crippen molar-refractivity contribution in [1.29, 1.82) is 0 Å². The molecule has 3 aliphatic heterocycles. The number of nitrogens with one attached hydrogen (secondary N) is 1. The molecule has 8 nitrogen and oxygen atoms in total. The molecule has 0 bridgehead atoms. The van der Waals surface area contributed by atoms with Crippen LogP contribution < -0.4 is 14.8 Å². The van der Waals surface area contributed by atoms with Gasteiger partial charge in [0.15, 0.2) is 11.5 Å². The molecular weight excluding hydrogens is 382 g/mol. The first kappa shape index (κ1) is 19.5. The molecule has 2 saturated heterocycles. The molecule has 0 unspecified atom stereocenters. The third-order valence-electron chi connectivity index (χ3n) is 5.63. The Labute approximate surface area is 166 Å². The quantitative estimate of drug-likeness (QED) is 0.796. The number of piperidine rings is 2. The number of nitrogens with zero attached hydrogens (tertiary/aromatic N) is 2. The van der Waals surface area contributed by atoms with Gasteiger partial charge in [0.1, 0.15) is 0 Å². The molecule has 0 spiro atoms. The minimum Gasteiger partial charge on any atom is -0.454 e. The average molecular weight is 410 g/mol. The predicted octanol–water partition coefficient (Wildman–Crippen LogP) is 1.47. The van der Waals surface area contributed by atoms with Crippen LogP contribution in [0.2, 0.25) is 0 Å². The number of amides is 1. The van der Waals surface area contributed by atoms with E-state index in [1.165, 1.54) is 4.31 Å². The van der Waals surface area contributed by atoms with Crippen molar-refractivity contribution < 1.29 is 22.7 Å². The number of carbonyl (C=O) groups is 1. The fraction of sp³-hybridized carbons (Fsp3) is 0.632. The molecule has 3 aliphatic rings. The fourth-order valence-corrected chi connectivity index (χ4v) is 5.78. The van der Waals surface area contributed by atoms with Crippen molar-refractivity contribution in [3.05, 3.63) is 23.8 Å². The lowest BCUT2D eigenvalue weighted by Gasteiger charge is -2.36. The van der Waals surface area contributed by atoms with E-state index >= 15 is 0 Å². The molecule has 28 heavy (non-hydrogen) atoms. The standard InChI is InChI=1S/C19H27N3O5S/c23-19(20-12-15-6-7-17-18(11-15)27-14-26-17)16-5-4-10-22(13-16)28(24,25)21-8-2-1-3-9-21/h6-7,11,16H,1-5,8-10,12-14H2,(H,20,23)/t16-/m0/s1. The fourth-order valence-electron chi connectivity index (χ4n) is 4.01. The summed E-state index contributed by atoms with van der Waals surface area (Å²) in [5.74, 6) is 0.975. The number of ether oxygens (including phenoxy) is 2. The van der Waals surface area contributed by atoms with Gasteiger partial charge in [-0.05, 0) is 43.4 Å². The molecule has 0 aromatic heterocycles. The molecule has 3 heterocycles. The van der Waals surface area contributed by atoms with Crippen molar-refractivity contribution in [2.45, 2.75) is 38.6 Å². The smallest absolute Gasteiger partial charge is 0.281 e. The van der Waals surface area contributed by atoms with E-state index < -0.39 is 10.2 Å². The van der Waals surface area contributed by atoms with Crippen molar-refractivity contribution in [3.63, 3.8) is 0 Å². The highest BCUT2D eigenvalue weighted by Crippen LogP contribution is 2.32. The van der Waals surface area contributed by atoms with Crippen molar-refractivity contribution >= 4 is 16.1 Å². The number of benzene rings is 1. The van der Waals surface area contributed by atoms with Gasteiger partial charge in [0, 0.05) is 32.7 Å². The minimum atomic E-state index is -3.47. The van der Waals surface area contributed by atoms with E-state index in [1.807, 2.05) is 18.2 Å². The van der Waals surface area contributed by atoms with Gasteiger partial charge in [0.2, 0.25) is 12.7 Å². The lowest BCUT2D eigenvalue weighted by molar-refractivity contribution is -0.126. The van der Waals surface area contributed by atoms with Gasteiger partial charge in [-0.3, -0.25) is 4.79 Å². The zero-order valence-electron chi connectivity index (χ0n) is 15.9. The molecule has 4 rings (SSSR count). The number of carbonyl (C=O) groups excluding carboxylic acids is 1. The molecule has 1 atom stereocenters. The lowest BCUT2D eigenvalue weighted by Crippen LogP contribution is -2.51. The summed E-state index contributed by atoms with van der Waals surface area (Å²) in [5, 5.41) is 2.94. The summed E-state index contributed by atoms with van der Waals surface area (Å²) in [6.45, 7) is 2.51. The Bertz CT molecular complexity index is 823. The van der Waals surface area contributed by atoms with Crippen LogP contribution in [-0.4, -0.2) is 55.9 Å². The van der Waals surface area contributed by atoms with Crippen LogP contribution in [-0.2, 0) is 21.5 Å². The van der Waals surface area contributed by atoms with E-state index in [4.69, 9.17) is 9.47 Å². The van der Waals surface area contributed by atoms with Crippen LogP contribution in [0.1, 0.15) is 37.7 Å². The lowest BCUT2D eigenvalue weighted by atomic mass is 9.98.